The Hall–Kier alpha value is -1.60. The number of hydrogen-bond donors (Lipinski definition) is 1. The largest absolute Gasteiger partial charge is 0.326 e. The van der Waals surface area contributed by atoms with Crippen LogP contribution in [0.2, 0.25) is 0 Å². The molecule has 0 fully saturated rings. The summed E-state index contributed by atoms with van der Waals surface area (Å²) in [5.74, 6) is 0. The molecule has 0 amide bonds. The van der Waals surface area contributed by atoms with Crippen LogP contribution in [0, 0.1) is 19.9 Å². The van der Waals surface area contributed by atoms with Gasteiger partial charge in [-0.3, -0.25) is 0 Å². The molecule has 0 bridgehead atoms. The van der Waals surface area contributed by atoms with Crippen LogP contribution < -0.4 is 5.73 Å². The third-order valence-corrected chi connectivity index (χ3v) is 2.66. The van der Waals surface area contributed by atoms with Crippen molar-refractivity contribution in [2.45, 2.75) is 20.4 Å². The predicted molar refractivity (Wildman–Crippen MR) is 68.1 cm³/mol. The quantitative estimate of drug-likeness (QED) is 0.809. The summed E-state index contributed by atoms with van der Waals surface area (Å²) in [6.45, 7) is 4.75. The Morgan fingerprint density at radius 3 is 2.00 bits per heavy atom. The summed E-state index contributed by atoms with van der Waals surface area (Å²) in [4.78, 5) is 0. The van der Waals surface area contributed by atoms with Crippen molar-refractivity contribution in [3.63, 3.8) is 0 Å². The van der Waals surface area contributed by atoms with E-state index in [9.17, 15) is 0 Å². The molecule has 0 saturated carbocycles. The highest BCUT2D eigenvalue weighted by Gasteiger charge is 1.99. The number of hydrogen-bond acceptors (Lipinski definition) is 1. The van der Waals surface area contributed by atoms with Crippen LogP contribution in [0.5, 0.6) is 0 Å². The van der Waals surface area contributed by atoms with Gasteiger partial charge in [0.25, 0.3) is 0 Å². The normalized spacial score (nSPS) is 10.4. The number of nitrogens with two attached hydrogens (primary N) is 1. The first-order chi connectivity index (χ1) is 7.69. The van der Waals surface area contributed by atoms with E-state index in [0.29, 0.717) is 6.54 Å². The molecule has 0 atom stereocenters. The van der Waals surface area contributed by atoms with E-state index in [1.807, 2.05) is 0 Å². The molecular formula is C15H16N. The molecule has 2 aromatic rings. The molecular weight excluding hydrogens is 194 g/mol. The summed E-state index contributed by atoms with van der Waals surface area (Å²) in [6, 6.07) is 16.0. The van der Waals surface area contributed by atoms with Crippen LogP contribution in [-0.4, -0.2) is 0 Å². The van der Waals surface area contributed by atoms with Crippen LogP contribution in [0.3, 0.4) is 0 Å². The molecule has 0 aliphatic rings. The van der Waals surface area contributed by atoms with Gasteiger partial charge in [0.1, 0.15) is 0 Å². The lowest BCUT2D eigenvalue weighted by Crippen LogP contribution is -1.95. The lowest BCUT2D eigenvalue weighted by molar-refractivity contribution is 1.07. The molecule has 2 rings (SSSR count). The van der Waals surface area contributed by atoms with Crippen LogP contribution in [0.25, 0.3) is 11.1 Å². The molecule has 2 N–H and O–H groups in total. The van der Waals surface area contributed by atoms with Gasteiger partial charge >= 0.3 is 0 Å². The van der Waals surface area contributed by atoms with Crippen molar-refractivity contribution in [3.05, 3.63) is 59.2 Å². The molecule has 0 saturated heterocycles. The van der Waals surface area contributed by atoms with Crippen molar-refractivity contribution in [1.29, 1.82) is 0 Å². The number of rotatable bonds is 2. The molecule has 0 heterocycles. The van der Waals surface area contributed by atoms with E-state index in [0.717, 1.165) is 0 Å². The first-order valence-corrected chi connectivity index (χ1v) is 5.49. The summed E-state index contributed by atoms with van der Waals surface area (Å²) in [7, 11) is 0. The third kappa shape index (κ3) is 2.31. The molecule has 2 aromatic carbocycles. The van der Waals surface area contributed by atoms with Gasteiger partial charge < -0.3 is 5.73 Å². The summed E-state index contributed by atoms with van der Waals surface area (Å²) in [5.41, 5.74) is 11.6. The SMILES string of the molecule is Cc1[c]c(C)cc(-c2ccc(CN)cc2)c1. The van der Waals surface area contributed by atoms with E-state index in [1.54, 1.807) is 0 Å². The van der Waals surface area contributed by atoms with Crippen molar-refractivity contribution < 1.29 is 0 Å². The zero-order valence-electron chi connectivity index (χ0n) is 9.75. The smallest absolute Gasteiger partial charge is 0.0178 e. The van der Waals surface area contributed by atoms with Crippen molar-refractivity contribution in [2.24, 2.45) is 5.73 Å². The molecule has 1 radical (unpaired) electrons. The van der Waals surface area contributed by atoms with Gasteiger partial charge in [0.15, 0.2) is 0 Å². The van der Waals surface area contributed by atoms with E-state index in [-0.39, 0.29) is 0 Å². The minimum Gasteiger partial charge on any atom is -0.326 e. The minimum atomic E-state index is 0.598. The van der Waals surface area contributed by atoms with Gasteiger partial charge in [-0.2, -0.15) is 0 Å². The Labute approximate surface area is 96.9 Å². The Kier molecular flexibility index (Phi) is 3.07. The van der Waals surface area contributed by atoms with Gasteiger partial charge in [-0.25, -0.2) is 0 Å². The lowest BCUT2D eigenvalue weighted by atomic mass is 10.00. The van der Waals surface area contributed by atoms with Gasteiger partial charge in [0.2, 0.25) is 0 Å². The first kappa shape index (κ1) is 10.9. The first-order valence-electron chi connectivity index (χ1n) is 5.49. The molecule has 0 unspecified atom stereocenters. The molecule has 16 heavy (non-hydrogen) atoms. The summed E-state index contributed by atoms with van der Waals surface area (Å²) in [6.07, 6.45) is 0. The van der Waals surface area contributed by atoms with Crippen molar-refractivity contribution in [1.82, 2.24) is 0 Å². The summed E-state index contributed by atoms with van der Waals surface area (Å²) in [5, 5.41) is 0. The van der Waals surface area contributed by atoms with Crippen molar-refractivity contribution in [3.8, 4) is 11.1 Å². The monoisotopic (exact) mass is 210 g/mol. The maximum absolute atomic E-state index is 5.58. The Morgan fingerprint density at radius 2 is 1.50 bits per heavy atom. The standard InChI is InChI=1S/C15H16N/c1-11-7-12(2)9-15(8-11)14-5-3-13(10-16)4-6-14/h3-6,8-9H,10,16H2,1-2H3. The number of benzene rings is 2. The maximum atomic E-state index is 5.58. The minimum absolute atomic E-state index is 0.598. The van der Waals surface area contributed by atoms with E-state index >= 15 is 0 Å². The zero-order chi connectivity index (χ0) is 11.5. The molecule has 1 heteroatoms. The predicted octanol–water partition coefficient (Wildman–Crippen LogP) is 3.23. The lowest BCUT2D eigenvalue weighted by Gasteiger charge is -2.05. The van der Waals surface area contributed by atoms with Crippen molar-refractivity contribution >= 4 is 0 Å². The average Bonchev–Trinajstić information content (AvgIpc) is 2.28. The fourth-order valence-electron chi connectivity index (χ4n) is 1.89. The molecule has 0 aliphatic carbocycles. The van der Waals surface area contributed by atoms with Gasteiger partial charge in [0, 0.05) is 6.54 Å². The highest BCUT2D eigenvalue weighted by Crippen LogP contribution is 2.22. The third-order valence-electron chi connectivity index (χ3n) is 2.66. The fraction of sp³-hybridized carbons (Fsp3) is 0.200. The van der Waals surface area contributed by atoms with E-state index in [1.165, 1.54) is 27.8 Å². The molecule has 81 valence electrons. The zero-order valence-corrected chi connectivity index (χ0v) is 9.75. The van der Waals surface area contributed by atoms with E-state index in [4.69, 9.17) is 5.73 Å². The second-order valence-corrected chi connectivity index (χ2v) is 4.14. The fourth-order valence-corrected chi connectivity index (χ4v) is 1.89. The van der Waals surface area contributed by atoms with E-state index in [2.05, 4.69) is 56.3 Å². The number of aryl methyl sites for hydroxylation is 2. The van der Waals surface area contributed by atoms with Gasteiger partial charge in [-0.15, -0.1) is 0 Å². The maximum Gasteiger partial charge on any atom is 0.0178 e. The topological polar surface area (TPSA) is 26.0 Å². The Bertz CT molecular complexity index is 463. The van der Waals surface area contributed by atoms with E-state index < -0.39 is 0 Å². The Morgan fingerprint density at radius 1 is 0.938 bits per heavy atom. The highest BCUT2D eigenvalue weighted by atomic mass is 14.5. The van der Waals surface area contributed by atoms with Crippen LogP contribution in [0.15, 0.2) is 36.4 Å². The van der Waals surface area contributed by atoms with Crippen LogP contribution in [0.4, 0.5) is 0 Å². The van der Waals surface area contributed by atoms with Gasteiger partial charge in [-0.05, 0) is 47.7 Å². The molecule has 0 aromatic heterocycles. The summed E-state index contributed by atoms with van der Waals surface area (Å²) < 4.78 is 0. The van der Waals surface area contributed by atoms with Gasteiger partial charge in [0.05, 0.1) is 0 Å². The second kappa shape index (κ2) is 4.50. The Balaban J connectivity index is 2.42. The van der Waals surface area contributed by atoms with Crippen molar-refractivity contribution in [2.75, 3.05) is 0 Å². The highest BCUT2D eigenvalue weighted by molar-refractivity contribution is 5.65. The average molecular weight is 210 g/mol. The second-order valence-electron chi connectivity index (χ2n) is 4.14. The molecule has 0 aliphatic heterocycles. The molecule has 1 nitrogen and oxygen atoms in total. The van der Waals surface area contributed by atoms with Crippen LogP contribution in [-0.2, 0) is 6.54 Å². The summed E-state index contributed by atoms with van der Waals surface area (Å²) >= 11 is 0. The molecule has 0 spiro atoms. The van der Waals surface area contributed by atoms with Gasteiger partial charge in [-0.1, -0.05) is 36.4 Å². The van der Waals surface area contributed by atoms with Crippen LogP contribution in [0.1, 0.15) is 16.7 Å². The van der Waals surface area contributed by atoms with Crippen LogP contribution >= 0.6 is 0 Å².